The number of nitro groups is 1. The molecule has 0 aliphatic rings. The molecule has 0 unspecified atom stereocenters. The molecule has 0 aliphatic heterocycles. The van der Waals surface area contributed by atoms with Crippen LogP contribution >= 0.6 is 12.6 Å². The fraction of sp³-hybridized carbons (Fsp3) is 0.182. The van der Waals surface area contributed by atoms with Crippen molar-refractivity contribution in [1.82, 2.24) is 0 Å². The largest absolute Gasteiger partial charge is 0.286 e. The molecule has 0 saturated heterocycles. The first kappa shape index (κ1) is 12.1. The summed E-state index contributed by atoms with van der Waals surface area (Å²) in [6.07, 6.45) is 0.570. The molecule has 0 aliphatic carbocycles. The minimum absolute atomic E-state index is 0.134. The van der Waals surface area contributed by atoms with Gasteiger partial charge >= 0.3 is 0 Å². The molecular formula is C11H8N2O2S. The molecule has 0 fully saturated rings. The van der Waals surface area contributed by atoms with Gasteiger partial charge in [-0.2, -0.15) is 17.9 Å². The van der Waals surface area contributed by atoms with Crippen LogP contribution in [0.15, 0.2) is 18.2 Å². The predicted octanol–water partition coefficient (Wildman–Crippen LogP) is 2.14. The zero-order valence-electron chi connectivity index (χ0n) is 8.30. The number of rotatable bonds is 2. The van der Waals surface area contributed by atoms with E-state index in [1.54, 1.807) is 0 Å². The van der Waals surface area contributed by atoms with E-state index < -0.39 is 4.92 Å². The third-order valence-electron chi connectivity index (χ3n) is 1.78. The van der Waals surface area contributed by atoms with Gasteiger partial charge in [0.05, 0.1) is 16.6 Å². The number of nitro benzene ring substituents is 1. The summed E-state index contributed by atoms with van der Waals surface area (Å²) in [6, 6.07) is 6.08. The van der Waals surface area contributed by atoms with Crippen LogP contribution < -0.4 is 0 Å². The summed E-state index contributed by atoms with van der Waals surface area (Å²) in [4.78, 5) is 10.2. The van der Waals surface area contributed by atoms with E-state index in [0.717, 1.165) is 0 Å². The first-order valence-electron chi connectivity index (χ1n) is 4.47. The Morgan fingerprint density at radius 1 is 1.50 bits per heavy atom. The highest BCUT2D eigenvalue weighted by molar-refractivity contribution is 7.80. The van der Waals surface area contributed by atoms with E-state index in [1.807, 2.05) is 6.07 Å². The lowest BCUT2D eigenvalue weighted by atomic mass is 10.1. The SMILES string of the molecule is N#Cc1ccc(C#CCCS)c([N+](=O)[O-])c1. The summed E-state index contributed by atoms with van der Waals surface area (Å²) in [5.41, 5.74) is 0.447. The maximum Gasteiger partial charge on any atom is 0.286 e. The molecular weight excluding hydrogens is 224 g/mol. The molecule has 1 aromatic carbocycles. The van der Waals surface area contributed by atoms with E-state index >= 15 is 0 Å². The maximum absolute atomic E-state index is 10.7. The standard InChI is InChI=1S/C11H8N2O2S/c12-8-9-4-5-10(3-1-2-6-16)11(7-9)13(14)15/h4-5,7,16H,2,6H2. The van der Waals surface area contributed by atoms with E-state index in [0.29, 0.717) is 17.7 Å². The molecule has 0 heterocycles. The molecule has 4 nitrogen and oxygen atoms in total. The fourth-order valence-electron chi connectivity index (χ4n) is 1.07. The Labute approximate surface area is 98.5 Å². The van der Waals surface area contributed by atoms with Crippen molar-refractivity contribution >= 4 is 18.3 Å². The van der Waals surface area contributed by atoms with Gasteiger partial charge in [-0.05, 0) is 12.1 Å². The van der Waals surface area contributed by atoms with Crippen LogP contribution in [0.25, 0.3) is 0 Å². The van der Waals surface area contributed by atoms with Gasteiger partial charge in [-0.25, -0.2) is 0 Å². The van der Waals surface area contributed by atoms with Crippen molar-refractivity contribution < 1.29 is 4.92 Å². The van der Waals surface area contributed by atoms with Gasteiger partial charge in [0, 0.05) is 18.2 Å². The molecule has 0 spiro atoms. The van der Waals surface area contributed by atoms with Crippen LogP contribution in [0.1, 0.15) is 17.5 Å². The first-order chi connectivity index (χ1) is 7.69. The normalized spacial score (nSPS) is 8.75. The molecule has 5 heteroatoms. The Morgan fingerprint density at radius 2 is 2.25 bits per heavy atom. The van der Waals surface area contributed by atoms with Crippen molar-refractivity contribution in [3.63, 3.8) is 0 Å². The van der Waals surface area contributed by atoms with Gasteiger partial charge in [-0.3, -0.25) is 10.1 Å². The van der Waals surface area contributed by atoms with Gasteiger partial charge in [0.2, 0.25) is 0 Å². The third-order valence-corrected chi connectivity index (χ3v) is 2.01. The van der Waals surface area contributed by atoms with Crippen LogP contribution in [0.3, 0.4) is 0 Å². The molecule has 0 atom stereocenters. The number of thiol groups is 1. The van der Waals surface area contributed by atoms with Crippen molar-refractivity contribution in [2.24, 2.45) is 0 Å². The fourth-order valence-corrected chi connectivity index (χ4v) is 1.18. The summed E-state index contributed by atoms with van der Waals surface area (Å²) >= 11 is 3.99. The maximum atomic E-state index is 10.7. The van der Waals surface area contributed by atoms with E-state index in [-0.39, 0.29) is 11.3 Å². The summed E-state index contributed by atoms with van der Waals surface area (Å²) < 4.78 is 0. The van der Waals surface area contributed by atoms with Crippen molar-refractivity contribution in [3.05, 3.63) is 39.4 Å². The van der Waals surface area contributed by atoms with Gasteiger partial charge in [0.25, 0.3) is 5.69 Å². The number of hydrogen-bond acceptors (Lipinski definition) is 4. The van der Waals surface area contributed by atoms with Gasteiger partial charge in [0.1, 0.15) is 5.56 Å². The van der Waals surface area contributed by atoms with Crippen LogP contribution in [0.2, 0.25) is 0 Å². The minimum Gasteiger partial charge on any atom is -0.258 e. The third kappa shape index (κ3) is 3.01. The number of nitriles is 1. The molecule has 0 saturated carbocycles. The second-order valence-corrected chi connectivity index (χ2v) is 3.32. The van der Waals surface area contributed by atoms with E-state index in [1.165, 1.54) is 18.2 Å². The first-order valence-corrected chi connectivity index (χ1v) is 5.10. The van der Waals surface area contributed by atoms with Gasteiger partial charge < -0.3 is 0 Å². The Morgan fingerprint density at radius 3 is 2.81 bits per heavy atom. The zero-order valence-corrected chi connectivity index (χ0v) is 9.20. The molecule has 0 N–H and O–H groups in total. The topological polar surface area (TPSA) is 66.9 Å². The molecule has 16 heavy (non-hydrogen) atoms. The van der Waals surface area contributed by atoms with Crippen LogP contribution in [-0.2, 0) is 0 Å². The monoisotopic (exact) mass is 232 g/mol. The Kier molecular flexibility index (Phi) is 4.38. The molecule has 1 rings (SSSR count). The van der Waals surface area contributed by atoms with Gasteiger partial charge in [-0.1, -0.05) is 11.8 Å². The van der Waals surface area contributed by atoms with Crippen molar-refractivity contribution in [1.29, 1.82) is 5.26 Å². The Bertz CT molecular complexity index is 509. The molecule has 0 aromatic heterocycles. The second-order valence-electron chi connectivity index (χ2n) is 2.88. The van der Waals surface area contributed by atoms with Gasteiger partial charge in [0.15, 0.2) is 0 Å². The summed E-state index contributed by atoms with van der Waals surface area (Å²) in [6.45, 7) is 0. The summed E-state index contributed by atoms with van der Waals surface area (Å²) in [7, 11) is 0. The molecule has 80 valence electrons. The Hall–Kier alpha value is -1.98. The minimum atomic E-state index is -0.536. The van der Waals surface area contributed by atoms with Crippen LogP contribution in [0.5, 0.6) is 0 Å². The highest BCUT2D eigenvalue weighted by Crippen LogP contribution is 2.18. The van der Waals surface area contributed by atoms with E-state index in [9.17, 15) is 10.1 Å². The smallest absolute Gasteiger partial charge is 0.258 e. The van der Waals surface area contributed by atoms with Crippen LogP contribution in [0, 0.1) is 33.3 Å². The number of hydrogen-bond donors (Lipinski definition) is 1. The zero-order chi connectivity index (χ0) is 12.0. The van der Waals surface area contributed by atoms with Gasteiger partial charge in [-0.15, -0.1) is 0 Å². The molecule has 0 amide bonds. The Balaban J connectivity index is 3.16. The number of nitrogens with zero attached hydrogens (tertiary/aromatic N) is 2. The average Bonchev–Trinajstić information content (AvgIpc) is 2.29. The van der Waals surface area contributed by atoms with Crippen molar-refractivity contribution in [2.45, 2.75) is 6.42 Å². The summed E-state index contributed by atoms with van der Waals surface area (Å²) in [5, 5.41) is 19.4. The molecule has 0 radical (unpaired) electrons. The predicted molar refractivity (Wildman–Crippen MR) is 63.2 cm³/mol. The number of benzene rings is 1. The van der Waals surface area contributed by atoms with Crippen molar-refractivity contribution in [2.75, 3.05) is 5.75 Å². The molecule has 1 aromatic rings. The van der Waals surface area contributed by atoms with E-state index in [4.69, 9.17) is 5.26 Å². The van der Waals surface area contributed by atoms with Crippen molar-refractivity contribution in [3.8, 4) is 17.9 Å². The lowest BCUT2D eigenvalue weighted by Gasteiger charge is -1.95. The quantitative estimate of drug-likeness (QED) is 0.367. The van der Waals surface area contributed by atoms with E-state index in [2.05, 4.69) is 24.5 Å². The average molecular weight is 232 g/mol. The second kappa shape index (κ2) is 5.79. The lowest BCUT2D eigenvalue weighted by Crippen LogP contribution is -1.93. The highest BCUT2D eigenvalue weighted by Gasteiger charge is 2.12. The lowest BCUT2D eigenvalue weighted by molar-refractivity contribution is -0.385. The van der Waals surface area contributed by atoms with Crippen LogP contribution in [-0.4, -0.2) is 10.7 Å². The summed E-state index contributed by atoms with van der Waals surface area (Å²) in [5.74, 6) is 6.08. The van der Waals surface area contributed by atoms with Crippen LogP contribution in [0.4, 0.5) is 5.69 Å². The highest BCUT2D eigenvalue weighted by atomic mass is 32.1. The molecule has 0 bridgehead atoms.